The molecule has 0 heterocycles. The normalized spacial score (nSPS) is 19.7. The molecule has 25 heavy (non-hydrogen) atoms. The number of hydrogen-bond acceptors (Lipinski definition) is 4. The van der Waals surface area contributed by atoms with Gasteiger partial charge >= 0.3 is 6.03 Å². The predicted octanol–water partition coefficient (Wildman–Crippen LogP) is 2.33. The van der Waals surface area contributed by atoms with Crippen molar-refractivity contribution in [3.8, 4) is 0 Å². The summed E-state index contributed by atoms with van der Waals surface area (Å²) in [5.41, 5.74) is 1.04. The Morgan fingerprint density at radius 3 is 2.76 bits per heavy atom. The van der Waals surface area contributed by atoms with Gasteiger partial charge in [0.1, 0.15) is 0 Å². The predicted molar refractivity (Wildman–Crippen MR) is 95.8 cm³/mol. The van der Waals surface area contributed by atoms with Gasteiger partial charge in [-0.2, -0.15) is 0 Å². The van der Waals surface area contributed by atoms with Crippen molar-refractivity contribution in [1.29, 1.82) is 0 Å². The van der Waals surface area contributed by atoms with Crippen molar-refractivity contribution in [2.75, 3.05) is 26.2 Å². The topological polar surface area (TPSA) is 82.0 Å². The van der Waals surface area contributed by atoms with Crippen LogP contribution in [0.15, 0.2) is 35.3 Å². The van der Waals surface area contributed by atoms with Gasteiger partial charge in [-0.15, -0.1) is 0 Å². The number of amides is 2. The Kier molecular flexibility index (Phi) is 8.16. The second-order valence-electron chi connectivity index (χ2n) is 6.65. The molecule has 1 aliphatic rings. The van der Waals surface area contributed by atoms with Crippen LogP contribution in [0.25, 0.3) is 0 Å². The Bertz CT molecular complexity index is 573. The lowest BCUT2D eigenvalue weighted by molar-refractivity contribution is 0.170. The summed E-state index contributed by atoms with van der Waals surface area (Å²) in [4.78, 5) is 28.1. The van der Waals surface area contributed by atoms with E-state index < -0.39 is 0 Å². The molecule has 6 nitrogen and oxygen atoms in total. The van der Waals surface area contributed by atoms with E-state index in [1.807, 2.05) is 30.3 Å². The number of aliphatic hydroxyl groups excluding tert-OH is 1. The standard InChI is InChI=1S/C19H27N3O3/c23-10-9-22(14-16-5-2-1-3-6-16)19(25)21-13-18-8-4-7-17(11-18)12-20-15-24/h1-3,5-6,17-18,23H,4,7-14H2,(H,21,25). The van der Waals surface area contributed by atoms with Gasteiger partial charge in [0.05, 0.1) is 13.2 Å². The number of isocyanates is 1. The molecule has 0 aliphatic heterocycles. The molecule has 0 radical (unpaired) electrons. The van der Waals surface area contributed by atoms with E-state index >= 15 is 0 Å². The lowest BCUT2D eigenvalue weighted by Crippen LogP contribution is -2.43. The number of benzene rings is 1. The Labute approximate surface area is 148 Å². The highest BCUT2D eigenvalue weighted by atomic mass is 16.3. The molecule has 6 heteroatoms. The monoisotopic (exact) mass is 345 g/mol. The smallest absolute Gasteiger partial charge is 0.317 e. The van der Waals surface area contributed by atoms with Crippen LogP contribution >= 0.6 is 0 Å². The lowest BCUT2D eigenvalue weighted by atomic mass is 9.81. The number of nitrogens with zero attached hydrogens (tertiary/aromatic N) is 2. The summed E-state index contributed by atoms with van der Waals surface area (Å²) in [6.45, 7) is 1.89. The average molecular weight is 345 g/mol. The van der Waals surface area contributed by atoms with Crippen LogP contribution in [0.3, 0.4) is 0 Å². The van der Waals surface area contributed by atoms with Crippen LogP contribution < -0.4 is 5.32 Å². The highest BCUT2D eigenvalue weighted by Gasteiger charge is 2.23. The Hall–Kier alpha value is -2.17. The van der Waals surface area contributed by atoms with Crippen LogP contribution in [0, 0.1) is 11.8 Å². The van der Waals surface area contributed by atoms with Gasteiger partial charge in [0.25, 0.3) is 0 Å². The van der Waals surface area contributed by atoms with Crippen molar-refractivity contribution in [2.45, 2.75) is 32.2 Å². The van der Waals surface area contributed by atoms with Gasteiger partial charge < -0.3 is 15.3 Å². The zero-order chi connectivity index (χ0) is 17.9. The van der Waals surface area contributed by atoms with E-state index in [1.54, 1.807) is 11.0 Å². The van der Waals surface area contributed by atoms with Gasteiger partial charge in [-0.25, -0.2) is 14.6 Å². The Morgan fingerprint density at radius 1 is 1.28 bits per heavy atom. The van der Waals surface area contributed by atoms with Crippen molar-refractivity contribution in [3.05, 3.63) is 35.9 Å². The zero-order valence-electron chi connectivity index (χ0n) is 14.6. The molecule has 1 aromatic carbocycles. The number of aliphatic hydroxyl groups is 1. The first-order valence-electron chi connectivity index (χ1n) is 8.94. The molecule has 1 aromatic rings. The van der Waals surface area contributed by atoms with Crippen molar-refractivity contribution in [1.82, 2.24) is 10.2 Å². The maximum Gasteiger partial charge on any atom is 0.317 e. The molecule has 2 N–H and O–H groups in total. The van der Waals surface area contributed by atoms with E-state index in [2.05, 4.69) is 10.3 Å². The van der Waals surface area contributed by atoms with Crippen molar-refractivity contribution in [3.63, 3.8) is 0 Å². The van der Waals surface area contributed by atoms with E-state index in [0.717, 1.165) is 31.2 Å². The third-order valence-corrected chi connectivity index (χ3v) is 4.72. The number of hydrogen-bond donors (Lipinski definition) is 2. The second kappa shape index (κ2) is 10.6. The lowest BCUT2D eigenvalue weighted by Gasteiger charge is -2.29. The molecule has 2 amide bonds. The van der Waals surface area contributed by atoms with Crippen LogP contribution in [0.2, 0.25) is 0 Å². The first-order chi connectivity index (χ1) is 12.2. The second-order valence-corrected chi connectivity index (χ2v) is 6.65. The molecule has 0 bridgehead atoms. The number of nitrogens with one attached hydrogen (secondary N) is 1. The molecule has 1 fully saturated rings. The summed E-state index contributed by atoms with van der Waals surface area (Å²) in [5, 5.41) is 12.2. The number of urea groups is 1. The van der Waals surface area contributed by atoms with Crippen LogP contribution in [-0.4, -0.2) is 48.4 Å². The van der Waals surface area contributed by atoms with Gasteiger partial charge in [-0.1, -0.05) is 36.8 Å². The average Bonchev–Trinajstić information content (AvgIpc) is 2.65. The maximum absolute atomic E-state index is 12.5. The minimum atomic E-state index is -0.147. The summed E-state index contributed by atoms with van der Waals surface area (Å²) in [6.07, 6.45) is 5.85. The van der Waals surface area contributed by atoms with E-state index in [0.29, 0.717) is 38.0 Å². The molecule has 2 atom stereocenters. The van der Waals surface area contributed by atoms with Crippen LogP contribution in [0.5, 0.6) is 0 Å². The molecule has 1 saturated carbocycles. The van der Waals surface area contributed by atoms with E-state index in [1.165, 1.54) is 0 Å². The number of carbonyl (C=O) groups excluding carboxylic acids is 2. The summed E-state index contributed by atoms with van der Waals surface area (Å²) in [5.74, 6) is 0.826. The highest BCUT2D eigenvalue weighted by Crippen LogP contribution is 2.28. The van der Waals surface area contributed by atoms with E-state index in [-0.39, 0.29) is 12.6 Å². The summed E-state index contributed by atoms with van der Waals surface area (Å²) < 4.78 is 0. The third kappa shape index (κ3) is 6.69. The molecular weight excluding hydrogens is 318 g/mol. The van der Waals surface area contributed by atoms with Crippen molar-refractivity contribution in [2.24, 2.45) is 16.8 Å². The fourth-order valence-electron chi connectivity index (χ4n) is 3.44. The fraction of sp³-hybridized carbons (Fsp3) is 0.579. The highest BCUT2D eigenvalue weighted by molar-refractivity contribution is 5.74. The SMILES string of the molecule is O=C=NCC1CCCC(CNC(=O)N(CCO)Cc2ccccc2)C1. The quantitative estimate of drug-likeness (QED) is 0.560. The Morgan fingerprint density at radius 2 is 2.04 bits per heavy atom. The molecule has 136 valence electrons. The van der Waals surface area contributed by atoms with Crippen LogP contribution in [-0.2, 0) is 11.3 Å². The van der Waals surface area contributed by atoms with Gasteiger partial charge in [0, 0.05) is 19.6 Å². The van der Waals surface area contributed by atoms with Crippen molar-refractivity contribution < 1.29 is 14.7 Å². The molecule has 0 spiro atoms. The summed E-state index contributed by atoms with van der Waals surface area (Å²) in [7, 11) is 0. The minimum absolute atomic E-state index is 0.0601. The van der Waals surface area contributed by atoms with E-state index in [4.69, 9.17) is 0 Å². The van der Waals surface area contributed by atoms with Crippen LogP contribution in [0.4, 0.5) is 4.79 Å². The van der Waals surface area contributed by atoms with E-state index in [9.17, 15) is 14.7 Å². The van der Waals surface area contributed by atoms with Gasteiger partial charge in [0.2, 0.25) is 6.08 Å². The minimum Gasteiger partial charge on any atom is -0.395 e. The first-order valence-corrected chi connectivity index (χ1v) is 8.94. The number of aliphatic imine (C=N–C) groups is 1. The molecule has 0 aromatic heterocycles. The number of carbonyl (C=O) groups is 1. The zero-order valence-corrected chi connectivity index (χ0v) is 14.6. The molecule has 0 saturated heterocycles. The Balaban J connectivity index is 1.82. The summed E-state index contributed by atoms with van der Waals surface area (Å²) in [6, 6.07) is 9.61. The van der Waals surface area contributed by atoms with Gasteiger partial charge in [-0.05, 0) is 36.7 Å². The summed E-state index contributed by atoms with van der Waals surface area (Å²) >= 11 is 0. The van der Waals surface area contributed by atoms with Crippen LogP contribution in [0.1, 0.15) is 31.2 Å². The van der Waals surface area contributed by atoms with Gasteiger partial charge in [0.15, 0.2) is 0 Å². The fourth-order valence-corrected chi connectivity index (χ4v) is 3.44. The molecule has 1 aliphatic carbocycles. The molecular formula is C19H27N3O3. The number of rotatable bonds is 8. The van der Waals surface area contributed by atoms with Gasteiger partial charge in [-0.3, -0.25) is 0 Å². The molecule has 2 rings (SSSR count). The first kappa shape index (κ1) is 19.2. The van der Waals surface area contributed by atoms with Crippen molar-refractivity contribution >= 4 is 12.1 Å². The third-order valence-electron chi connectivity index (χ3n) is 4.72. The molecule has 2 unspecified atom stereocenters. The largest absolute Gasteiger partial charge is 0.395 e. The maximum atomic E-state index is 12.5.